The molecule has 0 radical (unpaired) electrons. The Balaban J connectivity index is 2.19. The van der Waals surface area contributed by atoms with E-state index in [9.17, 15) is 4.79 Å². The number of unbranched alkanes of at least 4 members (excludes halogenated alkanes) is 1. The van der Waals surface area contributed by atoms with E-state index in [4.69, 9.17) is 5.11 Å². The van der Waals surface area contributed by atoms with E-state index in [1.807, 2.05) is 12.4 Å². The molecule has 4 nitrogen and oxygen atoms in total. The largest absolute Gasteiger partial charge is 0.481 e. The lowest BCUT2D eigenvalue weighted by Gasteiger charge is -2.15. The van der Waals surface area contributed by atoms with Crippen LogP contribution < -0.4 is 0 Å². The van der Waals surface area contributed by atoms with Crippen LogP contribution in [0.3, 0.4) is 0 Å². The summed E-state index contributed by atoms with van der Waals surface area (Å²) in [4.78, 5) is 18.0. The number of hydrogen-bond donors (Lipinski definition) is 1. The first-order chi connectivity index (χ1) is 7.59. The Morgan fingerprint density at radius 1 is 1.56 bits per heavy atom. The first kappa shape index (κ1) is 13.1. The van der Waals surface area contributed by atoms with E-state index in [0.29, 0.717) is 0 Å². The van der Waals surface area contributed by atoms with Crippen LogP contribution in [0.1, 0.15) is 29.8 Å². The summed E-state index contributed by atoms with van der Waals surface area (Å²) >= 11 is 1.68. The number of aryl methyl sites for hydroxylation is 1. The van der Waals surface area contributed by atoms with Crippen LogP contribution in [-0.2, 0) is 11.3 Å². The summed E-state index contributed by atoms with van der Waals surface area (Å²) in [7, 11) is 2.06. The van der Waals surface area contributed by atoms with Crippen LogP contribution in [-0.4, -0.2) is 34.6 Å². The molecular weight excluding hydrogens is 224 g/mol. The third kappa shape index (κ3) is 4.72. The van der Waals surface area contributed by atoms with Crippen molar-refractivity contribution in [1.82, 2.24) is 9.88 Å². The number of aliphatic carboxylic acids is 1. The Kier molecular flexibility index (Phi) is 5.42. The van der Waals surface area contributed by atoms with Crippen molar-refractivity contribution >= 4 is 17.3 Å². The highest BCUT2D eigenvalue weighted by atomic mass is 32.1. The number of hydrogen-bond acceptors (Lipinski definition) is 4. The van der Waals surface area contributed by atoms with Gasteiger partial charge in [0.05, 0.1) is 11.2 Å². The van der Waals surface area contributed by atoms with E-state index < -0.39 is 5.97 Å². The number of carbonyl (C=O) groups is 1. The Bertz CT molecular complexity index is 338. The molecule has 0 amide bonds. The molecule has 0 spiro atoms. The Hall–Kier alpha value is -0.940. The van der Waals surface area contributed by atoms with Gasteiger partial charge >= 0.3 is 5.97 Å². The maximum absolute atomic E-state index is 10.3. The standard InChI is InChI=1S/C11H18N2O2S/c1-9-10(16-8-12-9)7-13(2)6-4-3-5-11(14)15/h8H,3-7H2,1-2H3,(H,14,15). The average molecular weight is 242 g/mol. The molecule has 1 aromatic rings. The normalized spacial score (nSPS) is 10.9. The summed E-state index contributed by atoms with van der Waals surface area (Å²) in [5.41, 5.74) is 2.96. The van der Waals surface area contributed by atoms with Gasteiger partial charge < -0.3 is 10.0 Å². The number of rotatable bonds is 7. The lowest BCUT2D eigenvalue weighted by molar-refractivity contribution is -0.137. The summed E-state index contributed by atoms with van der Waals surface area (Å²) in [6.45, 7) is 3.86. The maximum Gasteiger partial charge on any atom is 0.303 e. The van der Waals surface area contributed by atoms with Crippen LogP contribution >= 0.6 is 11.3 Å². The van der Waals surface area contributed by atoms with Crippen LogP contribution in [0.25, 0.3) is 0 Å². The molecule has 0 bridgehead atoms. The quantitative estimate of drug-likeness (QED) is 0.744. The second-order valence-corrected chi connectivity index (χ2v) is 4.89. The van der Waals surface area contributed by atoms with Gasteiger partial charge in [-0.3, -0.25) is 4.79 Å². The van der Waals surface area contributed by atoms with Crippen molar-refractivity contribution < 1.29 is 9.90 Å². The zero-order valence-corrected chi connectivity index (χ0v) is 10.6. The zero-order chi connectivity index (χ0) is 12.0. The van der Waals surface area contributed by atoms with E-state index in [0.717, 1.165) is 31.6 Å². The van der Waals surface area contributed by atoms with Gasteiger partial charge in [-0.05, 0) is 33.4 Å². The monoisotopic (exact) mass is 242 g/mol. The van der Waals surface area contributed by atoms with Crippen molar-refractivity contribution in [2.75, 3.05) is 13.6 Å². The topological polar surface area (TPSA) is 53.4 Å². The van der Waals surface area contributed by atoms with Crippen molar-refractivity contribution in [3.63, 3.8) is 0 Å². The van der Waals surface area contributed by atoms with E-state index in [-0.39, 0.29) is 6.42 Å². The molecule has 0 aromatic carbocycles. The van der Waals surface area contributed by atoms with Gasteiger partial charge in [-0.2, -0.15) is 0 Å². The van der Waals surface area contributed by atoms with Crippen LogP contribution in [0.5, 0.6) is 0 Å². The Labute approximate surface area is 99.9 Å². The van der Waals surface area contributed by atoms with E-state index in [1.54, 1.807) is 11.3 Å². The third-order valence-electron chi connectivity index (χ3n) is 2.44. The van der Waals surface area contributed by atoms with Crippen molar-refractivity contribution in [2.45, 2.75) is 32.7 Å². The highest BCUT2D eigenvalue weighted by Crippen LogP contribution is 2.14. The summed E-state index contributed by atoms with van der Waals surface area (Å²) in [6, 6.07) is 0. The van der Waals surface area contributed by atoms with Gasteiger partial charge in [0.1, 0.15) is 0 Å². The molecular formula is C11H18N2O2S. The molecule has 0 saturated carbocycles. The highest BCUT2D eigenvalue weighted by molar-refractivity contribution is 7.09. The van der Waals surface area contributed by atoms with Crippen LogP contribution in [0.4, 0.5) is 0 Å². The van der Waals surface area contributed by atoms with Crippen molar-refractivity contribution in [1.29, 1.82) is 0 Å². The van der Waals surface area contributed by atoms with Crippen molar-refractivity contribution in [3.8, 4) is 0 Å². The van der Waals surface area contributed by atoms with E-state index in [1.165, 1.54) is 4.88 Å². The average Bonchev–Trinajstić information content (AvgIpc) is 2.59. The minimum absolute atomic E-state index is 0.271. The van der Waals surface area contributed by atoms with Gasteiger partial charge in [-0.25, -0.2) is 4.98 Å². The van der Waals surface area contributed by atoms with Crippen LogP contribution in [0.15, 0.2) is 5.51 Å². The van der Waals surface area contributed by atoms with Gasteiger partial charge in [0.15, 0.2) is 0 Å². The van der Waals surface area contributed by atoms with Gasteiger partial charge in [0, 0.05) is 17.8 Å². The summed E-state index contributed by atoms with van der Waals surface area (Å²) < 4.78 is 0. The van der Waals surface area contributed by atoms with E-state index >= 15 is 0 Å². The summed E-state index contributed by atoms with van der Waals surface area (Å²) in [5.74, 6) is -0.707. The fourth-order valence-electron chi connectivity index (χ4n) is 1.46. The van der Waals surface area contributed by atoms with Crippen LogP contribution in [0, 0.1) is 6.92 Å². The van der Waals surface area contributed by atoms with Gasteiger partial charge in [0.25, 0.3) is 0 Å². The SMILES string of the molecule is Cc1ncsc1CN(C)CCCCC(=O)O. The lowest BCUT2D eigenvalue weighted by Crippen LogP contribution is -2.19. The first-order valence-corrected chi connectivity index (χ1v) is 6.27. The number of thiazole rings is 1. The molecule has 0 aliphatic heterocycles. The molecule has 1 rings (SSSR count). The molecule has 16 heavy (non-hydrogen) atoms. The molecule has 90 valence electrons. The highest BCUT2D eigenvalue weighted by Gasteiger charge is 2.05. The lowest BCUT2D eigenvalue weighted by atomic mass is 10.2. The number of carboxylic acid groups (broad SMARTS) is 1. The smallest absolute Gasteiger partial charge is 0.303 e. The predicted molar refractivity (Wildman–Crippen MR) is 64.7 cm³/mol. The number of aromatic nitrogens is 1. The third-order valence-corrected chi connectivity index (χ3v) is 3.36. The van der Waals surface area contributed by atoms with Crippen LogP contribution in [0.2, 0.25) is 0 Å². The molecule has 0 fully saturated rings. The molecule has 0 atom stereocenters. The molecule has 0 unspecified atom stereocenters. The van der Waals surface area contributed by atoms with E-state index in [2.05, 4.69) is 16.9 Å². The maximum atomic E-state index is 10.3. The Morgan fingerprint density at radius 3 is 2.88 bits per heavy atom. The van der Waals surface area contributed by atoms with Gasteiger partial charge in [0.2, 0.25) is 0 Å². The second-order valence-electron chi connectivity index (χ2n) is 3.95. The fraction of sp³-hybridized carbons (Fsp3) is 0.636. The molecule has 1 aromatic heterocycles. The predicted octanol–water partition coefficient (Wildman–Crippen LogP) is 2.14. The molecule has 5 heteroatoms. The van der Waals surface area contributed by atoms with Crippen molar-refractivity contribution in [2.24, 2.45) is 0 Å². The molecule has 0 saturated heterocycles. The molecule has 0 aliphatic rings. The molecule has 1 heterocycles. The first-order valence-electron chi connectivity index (χ1n) is 5.39. The summed E-state index contributed by atoms with van der Waals surface area (Å²) in [6.07, 6.45) is 1.95. The van der Waals surface area contributed by atoms with Crippen molar-refractivity contribution in [3.05, 3.63) is 16.1 Å². The minimum Gasteiger partial charge on any atom is -0.481 e. The Morgan fingerprint density at radius 2 is 2.31 bits per heavy atom. The second kappa shape index (κ2) is 6.60. The minimum atomic E-state index is -0.707. The number of carboxylic acids is 1. The van der Waals surface area contributed by atoms with Gasteiger partial charge in [-0.1, -0.05) is 0 Å². The fourth-order valence-corrected chi connectivity index (χ4v) is 2.32. The molecule has 0 aliphatic carbocycles. The van der Waals surface area contributed by atoms with Gasteiger partial charge in [-0.15, -0.1) is 11.3 Å². The number of nitrogens with zero attached hydrogens (tertiary/aromatic N) is 2. The zero-order valence-electron chi connectivity index (χ0n) is 9.77. The molecule has 1 N–H and O–H groups in total. The summed E-state index contributed by atoms with van der Waals surface area (Å²) in [5, 5.41) is 8.50.